The first-order valence-electron chi connectivity index (χ1n) is 6.61. The van der Waals surface area contributed by atoms with Crippen molar-refractivity contribution in [2.24, 2.45) is 5.16 Å². The molecule has 0 radical (unpaired) electrons. The third-order valence-corrected chi connectivity index (χ3v) is 3.58. The number of carbonyl (C=O) groups is 1. The lowest BCUT2D eigenvalue weighted by atomic mass is 10.2. The maximum Gasteiger partial charge on any atom is 0.267 e. The predicted octanol–water partition coefficient (Wildman–Crippen LogP) is 2.34. The van der Waals surface area contributed by atoms with E-state index in [2.05, 4.69) is 15.1 Å². The molecule has 1 aliphatic rings. The van der Waals surface area contributed by atoms with Gasteiger partial charge in [-0.1, -0.05) is 16.8 Å². The molecule has 0 bridgehead atoms. The zero-order valence-electron chi connectivity index (χ0n) is 11.8. The monoisotopic (exact) mass is 306 g/mol. The first-order chi connectivity index (χ1) is 10.0. The van der Waals surface area contributed by atoms with E-state index in [-0.39, 0.29) is 5.91 Å². The van der Waals surface area contributed by atoms with Gasteiger partial charge in [-0.05, 0) is 25.1 Å². The molecule has 3 rings (SSSR count). The van der Waals surface area contributed by atoms with Crippen LogP contribution < -0.4 is 0 Å². The lowest BCUT2D eigenvalue weighted by molar-refractivity contribution is -0.141. The largest absolute Gasteiger partial charge is 0.382 e. The van der Waals surface area contributed by atoms with Gasteiger partial charge in [0, 0.05) is 18.5 Å². The summed E-state index contributed by atoms with van der Waals surface area (Å²) in [6.45, 7) is 2.22. The number of hydrogen-bond donors (Lipinski definition) is 1. The van der Waals surface area contributed by atoms with Crippen molar-refractivity contribution in [1.82, 2.24) is 14.9 Å². The molecular weight excluding hydrogens is 292 g/mol. The Morgan fingerprint density at radius 2 is 2.38 bits per heavy atom. The van der Waals surface area contributed by atoms with E-state index in [4.69, 9.17) is 16.4 Å². The average Bonchev–Trinajstić information content (AvgIpc) is 3.03. The van der Waals surface area contributed by atoms with Crippen molar-refractivity contribution in [3.63, 3.8) is 0 Å². The van der Waals surface area contributed by atoms with E-state index in [1.807, 2.05) is 19.1 Å². The van der Waals surface area contributed by atoms with Gasteiger partial charge in [0.2, 0.25) is 6.10 Å². The first kappa shape index (κ1) is 13.9. The topological polar surface area (TPSA) is 70.6 Å². The summed E-state index contributed by atoms with van der Waals surface area (Å²) in [5, 5.41) is 4.45. The smallest absolute Gasteiger partial charge is 0.267 e. The van der Waals surface area contributed by atoms with E-state index in [1.54, 1.807) is 18.0 Å². The van der Waals surface area contributed by atoms with Crippen molar-refractivity contribution in [3.05, 3.63) is 29.0 Å². The number of H-pyrrole nitrogens is 1. The van der Waals surface area contributed by atoms with E-state index in [1.165, 1.54) is 0 Å². The number of amides is 1. The van der Waals surface area contributed by atoms with Crippen molar-refractivity contribution in [2.75, 3.05) is 7.05 Å². The number of fused-ring (bicyclic) bond motifs is 1. The van der Waals surface area contributed by atoms with Crippen LogP contribution in [0.3, 0.4) is 0 Å². The van der Waals surface area contributed by atoms with Crippen LogP contribution in [-0.4, -0.2) is 39.6 Å². The van der Waals surface area contributed by atoms with Gasteiger partial charge in [-0.25, -0.2) is 4.98 Å². The van der Waals surface area contributed by atoms with Crippen molar-refractivity contribution in [1.29, 1.82) is 0 Å². The summed E-state index contributed by atoms with van der Waals surface area (Å²) in [4.78, 5) is 26.5. The van der Waals surface area contributed by atoms with Gasteiger partial charge in [-0.2, -0.15) is 0 Å². The number of carbonyl (C=O) groups excluding carboxylic acids is 1. The molecule has 1 aliphatic heterocycles. The Bertz CT molecular complexity index is 725. The van der Waals surface area contributed by atoms with Gasteiger partial charge in [-0.3, -0.25) is 4.79 Å². The molecule has 0 spiro atoms. The molecule has 0 aliphatic carbocycles. The highest BCUT2D eigenvalue weighted by Crippen LogP contribution is 2.18. The van der Waals surface area contributed by atoms with Gasteiger partial charge in [0.15, 0.2) is 0 Å². The third kappa shape index (κ3) is 2.85. The van der Waals surface area contributed by atoms with Crippen LogP contribution in [0, 0.1) is 0 Å². The van der Waals surface area contributed by atoms with Crippen LogP contribution in [0.15, 0.2) is 23.4 Å². The van der Waals surface area contributed by atoms with Gasteiger partial charge in [0.1, 0.15) is 5.82 Å². The zero-order valence-corrected chi connectivity index (χ0v) is 12.5. The number of imidazole rings is 1. The van der Waals surface area contributed by atoms with Crippen LogP contribution in [0.2, 0.25) is 5.02 Å². The molecule has 110 valence electrons. The minimum Gasteiger partial charge on any atom is -0.382 e. The normalized spacial score (nSPS) is 17.7. The molecular formula is C14H15ClN4O2. The number of rotatable bonds is 3. The number of nitrogens with one attached hydrogen (secondary N) is 1. The highest BCUT2D eigenvalue weighted by atomic mass is 35.5. The van der Waals surface area contributed by atoms with E-state index in [9.17, 15) is 4.79 Å². The maximum absolute atomic E-state index is 12.2. The summed E-state index contributed by atoms with van der Waals surface area (Å²) >= 11 is 5.94. The number of halogens is 1. The molecule has 0 saturated carbocycles. The second kappa shape index (κ2) is 5.37. The fourth-order valence-corrected chi connectivity index (χ4v) is 2.46. The summed E-state index contributed by atoms with van der Waals surface area (Å²) in [6.07, 6.45) is 0.0210. The summed E-state index contributed by atoms with van der Waals surface area (Å²) in [7, 11) is 1.72. The highest BCUT2D eigenvalue weighted by molar-refractivity contribution is 6.31. The van der Waals surface area contributed by atoms with Crippen LogP contribution in [0.25, 0.3) is 11.0 Å². The van der Waals surface area contributed by atoms with Gasteiger partial charge >= 0.3 is 0 Å². The van der Waals surface area contributed by atoms with E-state index in [0.717, 1.165) is 16.7 Å². The molecule has 1 N–H and O–H groups in total. The Morgan fingerprint density at radius 1 is 1.57 bits per heavy atom. The molecule has 1 aromatic carbocycles. The number of oxime groups is 1. The molecule has 0 saturated heterocycles. The lowest BCUT2D eigenvalue weighted by Crippen LogP contribution is -2.36. The van der Waals surface area contributed by atoms with Crippen molar-refractivity contribution in [2.45, 2.75) is 26.0 Å². The zero-order chi connectivity index (χ0) is 15.0. The van der Waals surface area contributed by atoms with Crippen LogP contribution in [0.5, 0.6) is 0 Å². The average molecular weight is 307 g/mol. The van der Waals surface area contributed by atoms with Gasteiger partial charge in [0.25, 0.3) is 5.91 Å². The van der Waals surface area contributed by atoms with E-state index < -0.39 is 6.10 Å². The number of aromatic amines is 1. The number of benzene rings is 1. The Kier molecular flexibility index (Phi) is 3.55. The Morgan fingerprint density at radius 3 is 3.10 bits per heavy atom. The summed E-state index contributed by atoms with van der Waals surface area (Å²) < 4.78 is 0. The molecule has 2 aromatic rings. The lowest BCUT2D eigenvalue weighted by Gasteiger charge is -2.18. The molecule has 0 fully saturated rings. The Hall–Kier alpha value is -2.08. The predicted molar refractivity (Wildman–Crippen MR) is 80.2 cm³/mol. The first-order valence-corrected chi connectivity index (χ1v) is 6.99. The second-order valence-electron chi connectivity index (χ2n) is 5.16. The summed E-state index contributed by atoms with van der Waals surface area (Å²) in [5.74, 6) is 0.604. The fraction of sp³-hybridized carbons (Fsp3) is 0.357. The summed E-state index contributed by atoms with van der Waals surface area (Å²) in [5.41, 5.74) is 2.52. The standard InChI is InChI=1S/C14H15ClN4O2/c1-8-5-12(21-18-8)14(20)19(2)7-13-16-10-4-3-9(15)6-11(10)17-13/h3-4,6,12H,5,7H2,1-2H3,(H,16,17)/t12-/m0/s1. The quantitative estimate of drug-likeness (QED) is 0.946. The number of hydrogen-bond acceptors (Lipinski definition) is 4. The molecule has 1 atom stereocenters. The van der Waals surface area contributed by atoms with Crippen molar-refractivity contribution < 1.29 is 9.63 Å². The van der Waals surface area contributed by atoms with Gasteiger partial charge in [0.05, 0.1) is 23.3 Å². The molecule has 21 heavy (non-hydrogen) atoms. The maximum atomic E-state index is 12.2. The van der Waals surface area contributed by atoms with Crippen LogP contribution in [0.4, 0.5) is 0 Å². The van der Waals surface area contributed by atoms with E-state index >= 15 is 0 Å². The SMILES string of the molecule is CC1=NO[C@H](C(=O)N(C)Cc2nc3ccc(Cl)cc3[nH]2)C1. The Balaban J connectivity index is 1.71. The summed E-state index contributed by atoms with van der Waals surface area (Å²) in [6, 6.07) is 5.44. The fourth-order valence-electron chi connectivity index (χ4n) is 2.29. The van der Waals surface area contributed by atoms with Crippen LogP contribution >= 0.6 is 11.6 Å². The molecule has 6 nitrogen and oxygen atoms in total. The highest BCUT2D eigenvalue weighted by Gasteiger charge is 2.29. The van der Waals surface area contributed by atoms with Crippen LogP contribution in [0.1, 0.15) is 19.2 Å². The minimum atomic E-state index is -0.520. The minimum absolute atomic E-state index is 0.103. The number of likely N-dealkylation sites (N-methyl/N-ethyl adjacent to an activating group) is 1. The molecule has 0 unspecified atom stereocenters. The molecule has 7 heteroatoms. The number of aromatic nitrogens is 2. The Labute approximate surface area is 126 Å². The molecule has 1 amide bonds. The van der Waals surface area contributed by atoms with Gasteiger partial charge in [-0.15, -0.1) is 0 Å². The molecule has 1 aromatic heterocycles. The van der Waals surface area contributed by atoms with Gasteiger partial charge < -0.3 is 14.7 Å². The van der Waals surface area contributed by atoms with Crippen molar-refractivity contribution in [3.8, 4) is 0 Å². The van der Waals surface area contributed by atoms with Crippen LogP contribution in [-0.2, 0) is 16.2 Å². The van der Waals surface area contributed by atoms with E-state index in [0.29, 0.717) is 23.8 Å². The molecule has 2 heterocycles. The van der Waals surface area contributed by atoms with Crippen molar-refractivity contribution >= 4 is 34.3 Å². The third-order valence-electron chi connectivity index (χ3n) is 3.35. The number of nitrogens with zero attached hydrogens (tertiary/aromatic N) is 3. The second-order valence-corrected chi connectivity index (χ2v) is 5.60.